The van der Waals surface area contributed by atoms with Crippen molar-refractivity contribution in [2.45, 2.75) is 45.4 Å². The first-order valence-electron chi connectivity index (χ1n) is 6.74. The Morgan fingerprint density at radius 3 is 2.33 bits per heavy atom. The van der Waals surface area contributed by atoms with Crippen LogP contribution in [0.3, 0.4) is 0 Å². The zero-order valence-corrected chi connectivity index (χ0v) is 10.7. The molecule has 0 unspecified atom stereocenters. The van der Waals surface area contributed by atoms with Crippen molar-refractivity contribution in [3.63, 3.8) is 0 Å². The molecule has 90 valence electrons. The number of rotatable bonds is 7. The largest absolute Gasteiger partial charge is 0.306 e. The van der Waals surface area contributed by atoms with Gasteiger partial charge in [0, 0.05) is 0 Å². The summed E-state index contributed by atoms with van der Waals surface area (Å²) in [6, 6.07) is 0. The van der Waals surface area contributed by atoms with Crippen LogP contribution in [-0.4, -0.2) is 49.6 Å². The minimum Gasteiger partial charge on any atom is -0.306 e. The quantitative estimate of drug-likeness (QED) is 0.640. The van der Waals surface area contributed by atoms with Gasteiger partial charge in [-0.1, -0.05) is 19.8 Å². The van der Waals surface area contributed by atoms with Gasteiger partial charge in [0.1, 0.15) is 0 Å². The van der Waals surface area contributed by atoms with E-state index in [1.807, 2.05) is 0 Å². The normalized spacial score (nSPS) is 18.6. The number of hydrogen-bond donors (Lipinski definition) is 0. The van der Waals surface area contributed by atoms with Crippen molar-refractivity contribution in [3.05, 3.63) is 0 Å². The molecule has 0 bridgehead atoms. The first kappa shape index (κ1) is 13.0. The monoisotopic (exact) mass is 212 g/mol. The molecular formula is C13H28N2. The van der Waals surface area contributed by atoms with Gasteiger partial charge >= 0.3 is 0 Å². The Labute approximate surface area is 95.6 Å². The Hall–Kier alpha value is -0.0800. The molecule has 0 spiro atoms. The molecule has 0 atom stereocenters. The zero-order valence-electron chi connectivity index (χ0n) is 10.7. The van der Waals surface area contributed by atoms with Crippen molar-refractivity contribution in [1.29, 1.82) is 0 Å². The van der Waals surface area contributed by atoms with E-state index >= 15 is 0 Å². The van der Waals surface area contributed by atoms with Crippen LogP contribution in [0, 0.1) is 0 Å². The predicted octanol–water partition coefficient (Wildman–Crippen LogP) is 2.59. The SMILES string of the molecule is CCCCN(C)CCCN1CCCCC1. The van der Waals surface area contributed by atoms with Gasteiger partial charge in [0.05, 0.1) is 0 Å². The third kappa shape index (κ3) is 6.16. The fourth-order valence-corrected chi connectivity index (χ4v) is 2.29. The summed E-state index contributed by atoms with van der Waals surface area (Å²) in [5, 5.41) is 0. The third-order valence-corrected chi connectivity index (χ3v) is 3.36. The average molecular weight is 212 g/mol. The number of likely N-dealkylation sites (tertiary alicyclic amines) is 1. The molecule has 1 heterocycles. The summed E-state index contributed by atoms with van der Waals surface area (Å²) < 4.78 is 0. The van der Waals surface area contributed by atoms with Crippen molar-refractivity contribution in [1.82, 2.24) is 9.80 Å². The Bertz CT molecular complexity index is 141. The van der Waals surface area contributed by atoms with Crippen molar-refractivity contribution in [2.75, 3.05) is 39.8 Å². The Morgan fingerprint density at radius 1 is 1.00 bits per heavy atom. The lowest BCUT2D eigenvalue weighted by Gasteiger charge is -2.27. The molecule has 0 aromatic rings. The van der Waals surface area contributed by atoms with E-state index in [4.69, 9.17) is 0 Å². The molecule has 0 aromatic carbocycles. The summed E-state index contributed by atoms with van der Waals surface area (Å²) >= 11 is 0. The van der Waals surface area contributed by atoms with Crippen LogP contribution in [-0.2, 0) is 0 Å². The molecule has 2 nitrogen and oxygen atoms in total. The number of unbranched alkanes of at least 4 members (excludes halogenated alkanes) is 1. The second kappa shape index (κ2) is 8.12. The molecule has 1 aliphatic heterocycles. The topological polar surface area (TPSA) is 6.48 Å². The standard InChI is InChI=1S/C13H28N2/c1-3-4-9-14(2)10-8-13-15-11-6-5-7-12-15/h3-13H2,1-2H3. The fraction of sp³-hybridized carbons (Fsp3) is 1.00. The van der Waals surface area contributed by atoms with Crippen molar-refractivity contribution in [2.24, 2.45) is 0 Å². The van der Waals surface area contributed by atoms with E-state index in [1.54, 1.807) is 0 Å². The van der Waals surface area contributed by atoms with E-state index in [0.29, 0.717) is 0 Å². The van der Waals surface area contributed by atoms with Gasteiger partial charge in [0.15, 0.2) is 0 Å². The van der Waals surface area contributed by atoms with E-state index in [1.165, 1.54) is 71.2 Å². The summed E-state index contributed by atoms with van der Waals surface area (Å²) in [5.41, 5.74) is 0. The number of nitrogens with zero attached hydrogens (tertiary/aromatic N) is 2. The van der Waals surface area contributed by atoms with Gasteiger partial charge in [-0.05, 0) is 65.5 Å². The van der Waals surface area contributed by atoms with Crippen LogP contribution in [0.1, 0.15) is 45.4 Å². The second-order valence-corrected chi connectivity index (χ2v) is 4.91. The molecule has 0 saturated carbocycles. The van der Waals surface area contributed by atoms with Gasteiger partial charge < -0.3 is 9.80 Å². The molecule has 0 aromatic heterocycles. The van der Waals surface area contributed by atoms with Gasteiger partial charge in [-0.25, -0.2) is 0 Å². The Balaban J connectivity index is 1.94. The lowest BCUT2D eigenvalue weighted by Crippen LogP contribution is -2.32. The van der Waals surface area contributed by atoms with E-state index in [-0.39, 0.29) is 0 Å². The average Bonchev–Trinajstić information content (AvgIpc) is 2.28. The van der Waals surface area contributed by atoms with Gasteiger partial charge in [-0.2, -0.15) is 0 Å². The third-order valence-electron chi connectivity index (χ3n) is 3.36. The van der Waals surface area contributed by atoms with Crippen molar-refractivity contribution >= 4 is 0 Å². The molecule has 1 aliphatic rings. The molecule has 0 N–H and O–H groups in total. The molecule has 15 heavy (non-hydrogen) atoms. The summed E-state index contributed by atoms with van der Waals surface area (Å²) in [6.07, 6.45) is 8.31. The maximum absolute atomic E-state index is 2.64. The van der Waals surface area contributed by atoms with Crippen LogP contribution >= 0.6 is 0 Å². The number of hydrogen-bond acceptors (Lipinski definition) is 2. The highest BCUT2D eigenvalue weighted by molar-refractivity contribution is 4.65. The summed E-state index contributed by atoms with van der Waals surface area (Å²) in [7, 11) is 2.26. The van der Waals surface area contributed by atoms with Crippen molar-refractivity contribution < 1.29 is 0 Å². The van der Waals surface area contributed by atoms with E-state index < -0.39 is 0 Å². The maximum Gasteiger partial charge on any atom is -0.000655 e. The van der Waals surface area contributed by atoms with Crippen LogP contribution in [0.5, 0.6) is 0 Å². The molecule has 0 amide bonds. The van der Waals surface area contributed by atoms with Crippen LogP contribution in [0.25, 0.3) is 0 Å². The minimum absolute atomic E-state index is 1.27. The van der Waals surface area contributed by atoms with Gasteiger partial charge in [-0.3, -0.25) is 0 Å². The smallest absolute Gasteiger partial charge is 0.000655 e. The summed E-state index contributed by atoms with van der Waals surface area (Å²) in [5.74, 6) is 0. The molecule has 0 aliphatic carbocycles. The van der Waals surface area contributed by atoms with Crippen molar-refractivity contribution in [3.8, 4) is 0 Å². The highest BCUT2D eigenvalue weighted by Crippen LogP contribution is 2.08. The molecule has 1 rings (SSSR count). The lowest BCUT2D eigenvalue weighted by molar-refractivity contribution is 0.211. The maximum atomic E-state index is 2.64. The first-order valence-corrected chi connectivity index (χ1v) is 6.74. The predicted molar refractivity (Wildman–Crippen MR) is 67.3 cm³/mol. The summed E-state index contributed by atoms with van der Waals surface area (Å²) in [4.78, 5) is 5.12. The summed E-state index contributed by atoms with van der Waals surface area (Å²) in [6.45, 7) is 8.82. The van der Waals surface area contributed by atoms with Gasteiger partial charge in [-0.15, -0.1) is 0 Å². The number of piperidine rings is 1. The van der Waals surface area contributed by atoms with Crippen LogP contribution < -0.4 is 0 Å². The van der Waals surface area contributed by atoms with E-state index in [9.17, 15) is 0 Å². The van der Waals surface area contributed by atoms with Gasteiger partial charge in [0.2, 0.25) is 0 Å². The zero-order chi connectivity index (χ0) is 10.9. The molecular weight excluding hydrogens is 184 g/mol. The highest BCUT2D eigenvalue weighted by atomic mass is 15.1. The fourth-order valence-electron chi connectivity index (χ4n) is 2.29. The van der Waals surface area contributed by atoms with E-state index in [2.05, 4.69) is 23.8 Å². The molecule has 2 heteroatoms. The second-order valence-electron chi connectivity index (χ2n) is 4.91. The molecule has 1 saturated heterocycles. The van der Waals surface area contributed by atoms with E-state index in [0.717, 1.165) is 0 Å². The lowest BCUT2D eigenvalue weighted by atomic mass is 10.1. The minimum atomic E-state index is 1.27. The first-order chi connectivity index (χ1) is 7.33. The van der Waals surface area contributed by atoms with Gasteiger partial charge in [0.25, 0.3) is 0 Å². The van der Waals surface area contributed by atoms with Crippen LogP contribution in [0.15, 0.2) is 0 Å². The Morgan fingerprint density at radius 2 is 1.67 bits per heavy atom. The highest BCUT2D eigenvalue weighted by Gasteiger charge is 2.09. The molecule has 1 fully saturated rings. The van der Waals surface area contributed by atoms with Crippen LogP contribution in [0.4, 0.5) is 0 Å². The molecule has 0 radical (unpaired) electrons. The Kier molecular flexibility index (Phi) is 7.03. The van der Waals surface area contributed by atoms with Crippen LogP contribution in [0.2, 0.25) is 0 Å².